The van der Waals surface area contributed by atoms with Crippen molar-refractivity contribution < 1.29 is 9.21 Å². The fraction of sp³-hybridized carbons (Fsp3) is 0.455. The highest BCUT2D eigenvalue weighted by Crippen LogP contribution is 2.10. The molecular weight excluding hydrogens is 384 g/mol. The standard InChI is InChI=1S/C22H30N4O2S/c1-29-16-6-10-23-22(27)20-18-28-21(24-20)17-26-14-12-25(13-15-26)11-5-9-19-7-3-2-4-8-19/h2-5,7-9,18H,6,10-17H2,1H3,(H,23,27)/b9-5+. The first-order valence-electron chi connectivity index (χ1n) is 10.1. The van der Waals surface area contributed by atoms with Crippen molar-refractivity contribution in [3.63, 3.8) is 0 Å². The molecule has 0 aliphatic carbocycles. The molecule has 1 aliphatic rings. The molecule has 0 radical (unpaired) electrons. The molecule has 1 aromatic carbocycles. The Morgan fingerprint density at radius 3 is 2.72 bits per heavy atom. The second-order valence-corrected chi connectivity index (χ2v) is 8.10. The molecule has 1 saturated heterocycles. The lowest BCUT2D eigenvalue weighted by Crippen LogP contribution is -2.45. The number of carbonyl (C=O) groups excluding carboxylic acids is 1. The lowest BCUT2D eigenvalue weighted by atomic mass is 10.2. The van der Waals surface area contributed by atoms with Crippen LogP contribution in [0.25, 0.3) is 6.08 Å². The van der Waals surface area contributed by atoms with Gasteiger partial charge in [0.2, 0.25) is 5.89 Å². The minimum atomic E-state index is -0.156. The largest absolute Gasteiger partial charge is 0.447 e. The van der Waals surface area contributed by atoms with Gasteiger partial charge in [0.25, 0.3) is 5.91 Å². The fourth-order valence-electron chi connectivity index (χ4n) is 3.22. The van der Waals surface area contributed by atoms with Crippen LogP contribution in [-0.4, -0.2) is 72.0 Å². The summed E-state index contributed by atoms with van der Waals surface area (Å²) in [6.07, 6.45) is 8.88. The van der Waals surface area contributed by atoms with Crippen molar-refractivity contribution in [3.8, 4) is 0 Å². The van der Waals surface area contributed by atoms with Crippen LogP contribution < -0.4 is 5.32 Å². The Kier molecular flexibility index (Phi) is 8.80. The number of thioether (sulfide) groups is 1. The van der Waals surface area contributed by atoms with Gasteiger partial charge < -0.3 is 9.73 Å². The molecule has 0 unspecified atom stereocenters. The first kappa shape index (κ1) is 21.6. The number of amides is 1. The molecule has 1 fully saturated rings. The number of nitrogens with zero attached hydrogens (tertiary/aromatic N) is 3. The number of benzene rings is 1. The number of hydrogen-bond acceptors (Lipinski definition) is 6. The summed E-state index contributed by atoms with van der Waals surface area (Å²) in [6, 6.07) is 10.4. The molecule has 0 atom stereocenters. The number of oxazole rings is 1. The molecule has 156 valence electrons. The highest BCUT2D eigenvalue weighted by Gasteiger charge is 2.19. The second-order valence-electron chi connectivity index (χ2n) is 7.12. The maximum Gasteiger partial charge on any atom is 0.273 e. The Labute approximate surface area is 177 Å². The number of piperazine rings is 1. The molecular formula is C22H30N4O2S. The highest BCUT2D eigenvalue weighted by atomic mass is 32.2. The Balaban J connectivity index is 1.37. The summed E-state index contributed by atoms with van der Waals surface area (Å²) in [5.41, 5.74) is 1.60. The zero-order chi connectivity index (χ0) is 20.3. The van der Waals surface area contributed by atoms with E-state index in [4.69, 9.17) is 4.42 Å². The first-order valence-corrected chi connectivity index (χ1v) is 11.5. The molecule has 7 heteroatoms. The van der Waals surface area contributed by atoms with Crippen molar-refractivity contribution >= 4 is 23.7 Å². The van der Waals surface area contributed by atoms with Gasteiger partial charge in [-0.2, -0.15) is 11.8 Å². The maximum atomic E-state index is 12.1. The smallest absolute Gasteiger partial charge is 0.273 e. The Bertz CT molecular complexity index is 770. The van der Waals surface area contributed by atoms with Crippen molar-refractivity contribution in [2.24, 2.45) is 0 Å². The Hall–Kier alpha value is -2.09. The average Bonchev–Trinajstić information content (AvgIpc) is 3.22. The van der Waals surface area contributed by atoms with Gasteiger partial charge in [-0.25, -0.2) is 4.98 Å². The highest BCUT2D eigenvalue weighted by molar-refractivity contribution is 7.98. The van der Waals surface area contributed by atoms with Crippen LogP contribution >= 0.6 is 11.8 Å². The molecule has 1 amide bonds. The summed E-state index contributed by atoms with van der Waals surface area (Å²) in [4.78, 5) is 21.2. The van der Waals surface area contributed by atoms with Gasteiger partial charge in [-0.3, -0.25) is 14.6 Å². The molecule has 1 aromatic heterocycles. The molecule has 6 nitrogen and oxygen atoms in total. The van der Waals surface area contributed by atoms with Gasteiger partial charge in [-0.15, -0.1) is 0 Å². The van der Waals surface area contributed by atoms with E-state index in [2.05, 4.69) is 62.8 Å². The van der Waals surface area contributed by atoms with Gasteiger partial charge in [-0.1, -0.05) is 42.5 Å². The van der Waals surface area contributed by atoms with Gasteiger partial charge in [0.15, 0.2) is 5.69 Å². The molecule has 1 aliphatic heterocycles. The molecule has 29 heavy (non-hydrogen) atoms. The van der Waals surface area contributed by atoms with E-state index < -0.39 is 0 Å². The van der Waals surface area contributed by atoms with Crippen molar-refractivity contribution in [2.45, 2.75) is 13.0 Å². The van der Waals surface area contributed by atoms with E-state index in [1.165, 1.54) is 11.8 Å². The third-order valence-corrected chi connectivity index (χ3v) is 5.59. The van der Waals surface area contributed by atoms with Crippen molar-refractivity contribution in [2.75, 3.05) is 51.3 Å². The lowest BCUT2D eigenvalue weighted by Gasteiger charge is -2.33. The van der Waals surface area contributed by atoms with Crippen LogP contribution in [0, 0.1) is 0 Å². The monoisotopic (exact) mass is 414 g/mol. The summed E-state index contributed by atoms with van der Waals surface area (Å²) >= 11 is 1.78. The molecule has 2 aromatic rings. The van der Waals surface area contributed by atoms with Gasteiger partial charge >= 0.3 is 0 Å². The molecule has 0 spiro atoms. The first-order chi connectivity index (χ1) is 14.2. The predicted octanol–water partition coefficient (Wildman–Crippen LogP) is 2.99. The molecule has 2 heterocycles. The third-order valence-electron chi connectivity index (χ3n) is 4.89. The molecule has 3 rings (SSSR count). The van der Waals surface area contributed by atoms with E-state index in [9.17, 15) is 4.79 Å². The normalized spacial score (nSPS) is 15.8. The van der Waals surface area contributed by atoms with Crippen LogP contribution in [0.15, 0.2) is 47.1 Å². The lowest BCUT2D eigenvalue weighted by molar-refractivity contribution is 0.0948. The predicted molar refractivity (Wildman–Crippen MR) is 119 cm³/mol. The van der Waals surface area contributed by atoms with Gasteiger partial charge in [0.1, 0.15) is 6.26 Å². The van der Waals surface area contributed by atoms with E-state index in [1.807, 2.05) is 6.07 Å². The Morgan fingerprint density at radius 2 is 1.97 bits per heavy atom. The summed E-state index contributed by atoms with van der Waals surface area (Å²) < 4.78 is 5.51. The molecule has 0 saturated carbocycles. The van der Waals surface area contributed by atoms with Gasteiger partial charge in [-0.05, 0) is 24.0 Å². The summed E-state index contributed by atoms with van der Waals surface area (Å²) in [6.45, 7) is 6.25. The van der Waals surface area contributed by atoms with E-state index in [0.29, 0.717) is 24.7 Å². The number of carbonyl (C=O) groups is 1. The molecule has 0 bridgehead atoms. The summed E-state index contributed by atoms with van der Waals surface area (Å²) in [7, 11) is 0. The van der Waals surface area contributed by atoms with Crippen LogP contribution in [0.2, 0.25) is 0 Å². The van der Waals surface area contributed by atoms with Gasteiger partial charge in [0, 0.05) is 39.3 Å². The third kappa shape index (κ3) is 7.34. The zero-order valence-corrected chi connectivity index (χ0v) is 17.9. The zero-order valence-electron chi connectivity index (χ0n) is 17.0. The van der Waals surface area contributed by atoms with Crippen LogP contribution in [0.3, 0.4) is 0 Å². The number of aromatic nitrogens is 1. The topological polar surface area (TPSA) is 61.6 Å². The van der Waals surface area contributed by atoms with Crippen LogP contribution in [-0.2, 0) is 6.54 Å². The minimum Gasteiger partial charge on any atom is -0.447 e. The van der Waals surface area contributed by atoms with Crippen LogP contribution in [0.5, 0.6) is 0 Å². The maximum absolute atomic E-state index is 12.1. The summed E-state index contributed by atoms with van der Waals surface area (Å²) in [5, 5.41) is 2.89. The summed E-state index contributed by atoms with van der Waals surface area (Å²) in [5.74, 6) is 1.49. The average molecular weight is 415 g/mol. The van der Waals surface area contributed by atoms with E-state index in [1.54, 1.807) is 11.8 Å². The minimum absolute atomic E-state index is 0.156. The van der Waals surface area contributed by atoms with E-state index in [0.717, 1.165) is 44.9 Å². The van der Waals surface area contributed by atoms with Gasteiger partial charge in [0.05, 0.1) is 6.54 Å². The van der Waals surface area contributed by atoms with Crippen LogP contribution in [0.4, 0.5) is 0 Å². The van der Waals surface area contributed by atoms with Crippen molar-refractivity contribution in [3.05, 3.63) is 59.8 Å². The SMILES string of the molecule is CSCCCNC(=O)c1coc(CN2CCN(C/C=C/c3ccccc3)CC2)n1. The Morgan fingerprint density at radius 1 is 1.21 bits per heavy atom. The van der Waals surface area contributed by atoms with Crippen molar-refractivity contribution in [1.29, 1.82) is 0 Å². The number of hydrogen-bond donors (Lipinski definition) is 1. The fourth-order valence-corrected chi connectivity index (χ4v) is 3.65. The quantitative estimate of drug-likeness (QED) is 0.603. The second kappa shape index (κ2) is 11.8. The van der Waals surface area contributed by atoms with E-state index >= 15 is 0 Å². The molecule has 1 N–H and O–H groups in total. The van der Waals surface area contributed by atoms with E-state index in [-0.39, 0.29) is 5.91 Å². The number of nitrogens with one attached hydrogen (secondary N) is 1. The number of rotatable bonds is 10. The van der Waals surface area contributed by atoms with Crippen molar-refractivity contribution in [1.82, 2.24) is 20.1 Å². The van der Waals surface area contributed by atoms with Crippen LogP contribution in [0.1, 0.15) is 28.4 Å².